The quantitative estimate of drug-likeness (QED) is 0.0387. The highest BCUT2D eigenvalue weighted by Gasteiger charge is 2.16. The topological polar surface area (TPSA) is 72.8 Å². The zero-order valence-corrected chi connectivity index (χ0v) is 34.7. The molecule has 1 unspecified atom stereocenters. The van der Waals surface area contributed by atoms with Crippen LogP contribution < -0.4 is 0 Å². The standard InChI is InChI=1S/C49H80O5/c1-3-5-7-9-11-12-13-14-15-16-17-18-19-20-21-22-23-24-25-26-27-28-29-30-31-32-33-34-35-36-38-40-42-44-49(52)54-47(45-50)46-53-48(51)43-41-39-37-10-8-6-4-2/h5,7,11-12,14-15,17-18,20-21,23-24,26-27,29-30,47,50H,3-4,6,8-10,13,16,19,22,25,28,31-46H2,1-2H3/b7-5-,12-11-,15-14-,18-17-,21-20-,24-23-,27-26-,30-29-. The van der Waals surface area contributed by atoms with Crippen LogP contribution in [0.15, 0.2) is 97.2 Å². The Labute approximate surface area is 332 Å². The van der Waals surface area contributed by atoms with Crippen LogP contribution in [-0.4, -0.2) is 36.4 Å². The van der Waals surface area contributed by atoms with Crippen LogP contribution in [-0.2, 0) is 19.1 Å². The maximum Gasteiger partial charge on any atom is 0.306 e. The first-order valence-corrected chi connectivity index (χ1v) is 21.8. The molecule has 54 heavy (non-hydrogen) atoms. The largest absolute Gasteiger partial charge is 0.462 e. The third kappa shape index (κ3) is 41.6. The number of unbranched alkanes of at least 4 members (excludes halogenated alkanes) is 14. The lowest BCUT2D eigenvalue weighted by Gasteiger charge is -2.15. The van der Waals surface area contributed by atoms with Crippen molar-refractivity contribution < 1.29 is 24.2 Å². The van der Waals surface area contributed by atoms with E-state index >= 15 is 0 Å². The zero-order valence-electron chi connectivity index (χ0n) is 34.7. The summed E-state index contributed by atoms with van der Waals surface area (Å²) in [5, 5.41) is 9.52. The second-order valence-electron chi connectivity index (χ2n) is 14.0. The summed E-state index contributed by atoms with van der Waals surface area (Å²) in [7, 11) is 0. The van der Waals surface area contributed by atoms with E-state index in [1.807, 2.05) is 0 Å². The number of allylic oxidation sites excluding steroid dienone is 16. The van der Waals surface area contributed by atoms with Gasteiger partial charge in [0.2, 0.25) is 0 Å². The van der Waals surface area contributed by atoms with Crippen LogP contribution in [0.1, 0.15) is 181 Å². The van der Waals surface area contributed by atoms with Crippen molar-refractivity contribution in [1.29, 1.82) is 0 Å². The van der Waals surface area contributed by atoms with Crippen LogP contribution in [0.4, 0.5) is 0 Å². The molecule has 0 heterocycles. The van der Waals surface area contributed by atoms with E-state index in [-0.39, 0.29) is 25.2 Å². The highest BCUT2D eigenvalue weighted by atomic mass is 16.6. The summed E-state index contributed by atoms with van der Waals surface area (Å²) in [6, 6.07) is 0. The van der Waals surface area contributed by atoms with E-state index in [4.69, 9.17) is 9.47 Å². The van der Waals surface area contributed by atoms with E-state index in [9.17, 15) is 14.7 Å². The lowest BCUT2D eigenvalue weighted by atomic mass is 10.1. The molecule has 306 valence electrons. The van der Waals surface area contributed by atoms with Gasteiger partial charge in [-0.25, -0.2) is 0 Å². The molecule has 0 saturated carbocycles. The van der Waals surface area contributed by atoms with Crippen molar-refractivity contribution in [3.63, 3.8) is 0 Å². The number of aliphatic hydroxyl groups excluding tert-OH is 1. The molecule has 1 atom stereocenters. The summed E-state index contributed by atoms with van der Waals surface area (Å²) in [5.41, 5.74) is 0. The predicted molar refractivity (Wildman–Crippen MR) is 232 cm³/mol. The molecule has 5 nitrogen and oxygen atoms in total. The van der Waals surface area contributed by atoms with Gasteiger partial charge in [-0.3, -0.25) is 9.59 Å². The van der Waals surface area contributed by atoms with Crippen molar-refractivity contribution in [2.24, 2.45) is 0 Å². The number of hydrogen-bond donors (Lipinski definition) is 1. The van der Waals surface area contributed by atoms with Gasteiger partial charge in [0.05, 0.1) is 6.61 Å². The predicted octanol–water partition coefficient (Wildman–Crippen LogP) is 14.1. The van der Waals surface area contributed by atoms with Gasteiger partial charge in [0.1, 0.15) is 6.61 Å². The zero-order chi connectivity index (χ0) is 39.3. The minimum atomic E-state index is -0.777. The summed E-state index contributed by atoms with van der Waals surface area (Å²) in [4.78, 5) is 24.1. The molecule has 0 rings (SSSR count). The van der Waals surface area contributed by atoms with E-state index < -0.39 is 6.10 Å². The van der Waals surface area contributed by atoms with Gasteiger partial charge in [-0.05, 0) is 77.0 Å². The van der Waals surface area contributed by atoms with Crippen molar-refractivity contribution in [1.82, 2.24) is 0 Å². The van der Waals surface area contributed by atoms with E-state index in [0.717, 1.165) is 96.3 Å². The molecule has 0 aromatic heterocycles. The number of carbonyl (C=O) groups excluding carboxylic acids is 2. The number of esters is 2. The molecule has 0 saturated heterocycles. The Morgan fingerprint density at radius 3 is 1.20 bits per heavy atom. The molecule has 0 radical (unpaired) electrons. The molecule has 0 fully saturated rings. The smallest absolute Gasteiger partial charge is 0.306 e. The fourth-order valence-corrected chi connectivity index (χ4v) is 5.63. The highest BCUT2D eigenvalue weighted by molar-refractivity contribution is 5.70. The number of rotatable bonds is 38. The highest BCUT2D eigenvalue weighted by Crippen LogP contribution is 2.13. The molecular formula is C49H80O5. The van der Waals surface area contributed by atoms with Gasteiger partial charge in [0, 0.05) is 12.8 Å². The number of aliphatic hydroxyl groups is 1. The molecule has 0 bridgehead atoms. The molecule has 0 aliphatic heterocycles. The van der Waals surface area contributed by atoms with Gasteiger partial charge in [0.15, 0.2) is 6.10 Å². The monoisotopic (exact) mass is 749 g/mol. The van der Waals surface area contributed by atoms with E-state index in [0.29, 0.717) is 12.8 Å². The molecule has 0 aromatic rings. The molecule has 5 heteroatoms. The maximum atomic E-state index is 12.2. The van der Waals surface area contributed by atoms with Gasteiger partial charge in [-0.1, -0.05) is 188 Å². The van der Waals surface area contributed by atoms with Crippen molar-refractivity contribution in [2.75, 3.05) is 13.2 Å². The van der Waals surface area contributed by atoms with Crippen molar-refractivity contribution in [2.45, 2.75) is 187 Å². The van der Waals surface area contributed by atoms with Crippen LogP contribution >= 0.6 is 0 Å². The first-order valence-electron chi connectivity index (χ1n) is 21.8. The van der Waals surface area contributed by atoms with Gasteiger partial charge >= 0.3 is 11.9 Å². The second kappa shape index (κ2) is 44.2. The molecular weight excluding hydrogens is 669 g/mol. The SMILES string of the molecule is CC/C=C\C/C=C\C/C=C\C/C=C\C/C=C\C/C=C\C/C=C\C/C=C\CCCCCCCCCCC(=O)OC(CO)COC(=O)CCCCCCCCC. The van der Waals surface area contributed by atoms with E-state index in [2.05, 4.69) is 111 Å². The van der Waals surface area contributed by atoms with Crippen LogP contribution in [0.25, 0.3) is 0 Å². The summed E-state index contributed by atoms with van der Waals surface area (Å²) >= 11 is 0. The van der Waals surface area contributed by atoms with Crippen molar-refractivity contribution in [3.8, 4) is 0 Å². The fraction of sp³-hybridized carbons (Fsp3) is 0.633. The average Bonchev–Trinajstić information content (AvgIpc) is 3.17. The normalized spacial score (nSPS) is 13.2. The van der Waals surface area contributed by atoms with Crippen LogP contribution in [0.5, 0.6) is 0 Å². The molecule has 0 aliphatic rings. The fourth-order valence-electron chi connectivity index (χ4n) is 5.63. The lowest BCUT2D eigenvalue weighted by Crippen LogP contribution is -2.28. The first kappa shape index (κ1) is 50.8. The van der Waals surface area contributed by atoms with Crippen LogP contribution in [0.2, 0.25) is 0 Å². The minimum absolute atomic E-state index is 0.0733. The van der Waals surface area contributed by atoms with Crippen LogP contribution in [0.3, 0.4) is 0 Å². The molecule has 0 aromatic carbocycles. The summed E-state index contributed by atoms with van der Waals surface area (Å²) in [6.07, 6.45) is 62.2. The second-order valence-corrected chi connectivity index (χ2v) is 14.0. The van der Waals surface area contributed by atoms with Gasteiger partial charge in [-0.15, -0.1) is 0 Å². The van der Waals surface area contributed by atoms with E-state index in [1.165, 1.54) is 57.8 Å². The van der Waals surface area contributed by atoms with Gasteiger partial charge in [-0.2, -0.15) is 0 Å². The maximum absolute atomic E-state index is 12.2. The van der Waals surface area contributed by atoms with Crippen molar-refractivity contribution in [3.05, 3.63) is 97.2 Å². The molecule has 0 spiro atoms. The average molecular weight is 749 g/mol. The minimum Gasteiger partial charge on any atom is -0.462 e. The Kier molecular flexibility index (Phi) is 41.6. The third-order valence-corrected chi connectivity index (χ3v) is 8.89. The third-order valence-electron chi connectivity index (χ3n) is 8.89. The number of hydrogen-bond acceptors (Lipinski definition) is 5. The Hall–Kier alpha value is -3.18. The van der Waals surface area contributed by atoms with Crippen LogP contribution in [0, 0.1) is 0 Å². The Morgan fingerprint density at radius 2 is 0.796 bits per heavy atom. The molecule has 1 N–H and O–H groups in total. The Bertz CT molecular complexity index is 1070. The lowest BCUT2D eigenvalue weighted by molar-refractivity contribution is -0.161. The summed E-state index contributed by atoms with van der Waals surface area (Å²) < 4.78 is 10.5. The molecule has 0 amide bonds. The Morgan fingerprint density at radius 1 is 0.444 bits per heavy atom. The Balaban J connectivity index is 3.59. The first-order chi connectivity index (χ1) is 26.6. The number of ether oxygens (including phenoxy) is 2. The van der Waals surface area contributed by atoms with Crippen molar-refractivity contribution >= 4 is 11.9 Å². The number of carbonyl (C=O) groups is 2. The van der Waals surface area contributed by atoms with E-state index in [1.54, 1.807) is 0 Å². The van der Waals surface area contributed by atoms with Gasteiger partial charge in [0.25, 0.3) is 0 Å². The summed E-state index contributed by atoms with van der Waals surface area (Å²) in [5.74, 6) is -0.614. The summed E-state index contributed by atoms with van der Waals surface area (Å²) in [6.45, 7) is 3.95. The molecule has 0 aliphatic carbocycles. The van der Waals surface area contributed by atoms with Gasteiger partial charge < -0.3 is 14.6 Å².